The molecule has 3 aromatic rings. The molecule has 2 amide bonds. The summed E-state index contributed by atoms with van der Waals surface area (Å²) in [5, 5.41) is 17.2. The fourth-order valence-corrected chi connectivity index (χ4v) is 9.18. The van der Waals surface area contributed by atoms with E-state index < -0.39 is 35.3 Å². The minimum atomic E-state index is -0.663. The first-order valence-electron chi connectivity index (χ1n) is 18.5. The maximum atomic E-state index is 16.9. The number of carbonyl (C=O) groups is 2. The Kier molecular flexibility index (Phi) is 9.62. The largest absolute Gasteiger partial charge is 0.496 e. The van der Waals surface area contributed by atoms with Gasteiger partial charge < -0.3 is 24.8 Å². The minimum Gasteiger partial charge on any atom is -0.496 e. The molecule has 2 heterocycles. The van der Waals surface area contributed by atoms with Crippen LogP contribution in [0.3, 0.4) is 0 Å². The second-order valence-corrected chi connectivity index (χ2v) is 15.8. The maximum Gasteiger partial charge on any atom is 0.410 e. The number of ether oxygens (including phenoxy) is 2. The lowest BCUT2D eigenvalue weighted by molar-refractivity contribution is -0.129. The molecule has 1 saturated heterocycles. The molecule has 2 bridgehead atoms. The van der Waals surface area contributed by atoms with Gasteiger partial charge in [0.2, 0.25) is 5.91 Å². The topological polar surface area (TPSA) is 106 Å². The van der Waals surface area contributed by atoms with Crippen LogP contribution in [0.15, 0.2) is 42.7 Å². The third-order valence-electron chi connectivity index (χ3n) is 12.5. The van der Waals surface area contributed by atoms with Crippen molar-refractivity contribution in [2.24, 2.45) is 11.3 Å². The van der Waals surface area contributed by atoms with Gasteiger partial charge in [0.05, 0.1) is 44.1 Å². The van der Waals surface area contributed by atoms with Crippen LogP contribution in [0.5, 0.6) is 5.75 Å². The van der Waals surface area contributed by atoms with Crippen LogP contribution >= 0.6 is 0 Å². The Bertz CT molecular complexity index is 1750. The lowest BCUT2D eigenvalue weighted by atomic mass is 9.49. The zero-order chi connectivity index (χ0) is 36.1. The van der Waals surface area contributed by atoms with Crippen molar-refractivity contribution in [1.29, 1.82) is 0 Å². The molecule has 51 heavy (non-hydrogen) atoms. The van der Waals surface area contributed by atoms with E-state index in [1.165, 1.54) is 28.8 Å². The number of aliphatic hydroxyl groups is 1. The third-order valence-corrected chi connectivity index (χ3v) is 12.5. The Hall–Kier alpha value is -3.99. The Morgan fingerprint density at radius 3 is 2.27 bits per heavy atom. The lowest BCUT2D eigenvalue weighted by Crippen LogP contribution is -2.54. The van der Waals surface area contributed by atoms with E-state index in [0.717, 1.165) is 49.8 Å². The van der Waals surface area contributed by atoms with E-state index in [-0.39, 0.29) is 48.0 Å². The van der Waals surface area contributed by atoms with Crippen LogP contribution in [0.4, 0.5) is 13.6 Å². The molecule has 1 atom stereocenters. The summed E-state index contributed by atoms with van der Waals surface area (Å²) in [5.74, 6) is -0.910. The molecule has 8 rings (SSSR count). The van der Waals surface area contributed by atoms with Gasteiger partial charge in [0.1, 0.15) is 23.5 Å². The van der Waals surface area contributed by atoms with Crippen LogP contribution in [0, 0.1) is 29.9 Å². The summed E-state index contributed by atoms with van der Waals surface area (Å²) in [5.41, 5.74) is 2.57. The van der Waals surface area contributed by atoms with Crippen molar-refractivity contribution < 1.29 is 33.0 Å². The first-order chi connectivity index (χ1) is 24.4. The van der Waals surface area contributed by atoms with Crippen LogP contribution in [-0.2, 0) is 14.9 Å². The predicted molar refractivity (Wildman–Crippen MR) is 188 cm³/mol. The monoisotopic (exact) mass is 704 g/mol. The van der Waals surface area contributed by atoms with Crippen molar-refractivity contribution in [3.63, 3.8) is 0 Å². The van der Waals surface area contributed by atoms with E-state index in [9.17, 15) is 14.7 Å². The number of nitrogens with zero attached hydrogens (tertiary/aromatic N) is 3. The summed E-state index contributed by atoms with van der Waals surface area (Å²) in [6.45, 7) is 6.54. The van der Waals surface area contributed by atoms with Gasteiger partial charge in [0, 0.05) is 29.3 Å². The average Bonchev–Trinajstić information content (AvgIpc) is 3.61. The summed E-state index contributed by atoms with van der Waals surface area (Å²) in [6.07, 6.45) is 9.26. The van der Waals surface area contributed by atoms with Crippen molar-refractivity contribution >= 4 is 12.0 Å². The molecule has 2 N–H and O–H groups in total. The van der Waals surface area contributed by atoms with Gasteiger partial charge in [0.25, 0.3) is 0 Å². The van der Waals surface area contributed by atoms with Crippen molar-refractivity contribution in [3.05, 3.63) is 71.1 Å². The number of nitrogens with one attached hydrogen (secondary N) is 1. The normalized spacial score (nSPS) is 26.9. The number of hydrogen-bond acceptors (Lipinski definition) is 6. The van der Waals surface area contributed by atoms with Crippen LogP contribution < -0.4 is 10.1 Å². The summed E-state index contributed by atoms with van der Waals surface area (Å²) in [4.78, 5) is 28.0. The van der Waals surface area contributed by atoms with E-state index in [2.05, 4.69) is 29.5 Å². The highest BCUT2D eigenvalue weighted by Crippen LogP contribution is 2.62. The van der Waals surface area contributed by atoms with E-state index in [1.807, 2.05) is 19.9 Å². The zero-order valence-corrected chi connectivity index (χ0v) is 30.1. The molecule has 5 fully saturated rings. The van der Waals surface area contributed by atoms with Crippen LogP contribution in [0.1, 0.15) is 107 Å². The molecule has 0 spiro atoms. The SMILES string of the molecule is COc1ccc(C23CCC(C(NC(=O)C4CCC(OC(=O)N5CC(O)C5)CC4)c4ccc(F)c(-c5cnn(C(C)C)c5)c4F)(CC2)CC3)cc1C. The van der Waals surface area contributed by atoms with Crippen LogP contribution in [-0.4, -0.2) is 64.2 Å². The number of aryl methyl sites for hydroxylation is 1. The standard InChI is InChI=1S/C40H50F2N4O5/c1-24(2)46-21-27(20-43-46)34-32(41)11-10-31(35(34)42)36(44-37(48)26-5-8-30(9-6-26)51-38(49)45-22-29(47)23-45)40-16-13-39(14-17-40,15-18-40)28-7-12-33(50-4)25(3)19-28/h7,10-12,19-21,24,26,29-30,36,47H,5-6,8-9,13-18,22-23H2,1-4H3,(H,44,48). The van der Waals surface area contributed by atoms with E-state index in [1.54, 1.807) is 18.0 Å². The van der Waals surface area contributed by atoms with Gasteiger partial charge in [-0.05, 0) is 119 Å². The Morgan fingerprint density at radius 1 is 1.00 bits per heavy atom. The molecule has 274 valence electrons. The number of aliphatic hydroxyl groups excluding tert-OH is 1. The van der Waals surface area contributed by atoms with E-state index in [0.29, 0.717) is 36.8 Å². The van der Waals surface area contributed by atoms with E-state index >= 15 is 8.78 Å². The predicted octanol–water partition coefficient (Wildman–Crippen LogP) is 7.55. The molecule has 5 aliphatic rings. The van der Waals surface area contributed by atoms with Crippen molar-refractivity contribution in [2.75, 3.05) is 20.2 Å². The average molecular weight is 705 g/mol. The summed E-state index contributed by atoms with van der Waals surface area (Å²) in [7, 11) is 1.68. The molecule has 1 unspecified atom stereocenters. The molecule has 0 radical (unpaired) electrons. The molecule has 4 aliphatic carbocycles. The lowest BCUT2D eigenvalue weighted by Gasteiger charge is -2.57. The molecular weight excluding hydrogens is 654 g/mol. The quantitative estimate of drug-likeness (QED) is 0.239. The first kappa shape index (κ1) is 35.4. The summed E-state index contributed by atoms with van der Waals surface area (Å²) in [6, 6.07) is 8.68. The number of benzene rings is 2. The highest BCUT2D eigenvalue weighted by Gasteiger charge is 2.54. The van der Waals surface area contributed by atoms with Crippen molar-refractivity contribution in [1.82, 2.24) is 20.0 Å². The molecular formula is C40H50F2N4O5. The second-order valence-electron chi connectivity index (χ2n) is 15.8. The van der Waals surface area contributed by atoms with Gasteiger partial charge in [-0.15, -0.1) is 0 Å². The third kappa shape index (κ3) is 6.62. The van der Waals surface area contributed by atoms with Gasteiger partial charge >= 0.3 is 6.09 Å². The van der Waals surface area contributed by atoms with Crippen LogP contribution in [0.2, 0.25) is 0 Å². The molecule has 11 heteroatoms. The molecule has 1 aliphatic heterocycles. The smallest absolute Gasteiger partial charge is 0.410 e. The highest BCUT2D eigenvalue weighted by molar-refractivity contribution is 5.79. The van der Waals surface area contributed by atoms with Gasteiger partial charge in [-0.25, -0.2) is 13.6 Å². The van der Waals surface area contributed by atoms with E-state index in [4.69, 9.17) is 9.47 Å². The number of likely N-dealkylation sites (tertiary alicyclic amines) is 1. The molecule has 4 saturated carbocycles. The number of methoxy groups -OCH3 is 1. The Morgan fingerprint density at radius 2 is 1.69 bits per heavy atom. The fourth-order valence-electron chi connectivity index (χ4n) is 9.18. The maximum absolute atomic E-state index is 16.9. The molecule has 1 aromatic heterocycles. The highest BCUT2D eigenvalue weighted by atomic mass is 19.1. The zero-order valence-electron chi connectivity index (χ0n) is 30.1. The second kappa shape index (κ2) is 13.9. The van der Waals surface area contributed by atoms with Gasteiger partial charge in [0.15, 0.2) is 0 Å². The number of hydrogen-bond donors (Lipinski definition) is 2. The van der Waals surface area contributed by atoms with Crippen molar-refractivity contribution in [2.45, 2.75) is 115 Å². The molecule has 9 nitrogen and oxygen atoms in total. The number of carbonyl (C=O) groups excluding carboxylic acids is 2. The van der Waals surface area contributed by atoms with Gasteiger partial charge in [-0.1, -0.05) is 18.2 Å². The number of β-amino-alcohol motifs (C(OH)–C–C–N with tert-alkyl or cyclic N) is 1. The Labute approximate surface area is 298 Å². The number of fused-ring (bicyclic) bond motifs is 3. The summed E-state index contributed by atoms with van der Waals surface area (Å²) >= 11 is 0. The minimum absolute atomic E-state index is 0.00915. The van der Waals surface area contributed by atoms with Gasteiger partial charge in [-0.2, -0.15) is 5.10 Å². The first-order valence-corrected chi connectivity index (χ1v) is 18.5. The number of halogens is 2. The number of rotatable bonds is 9. The Balaban J connectivity index is 1.15. The van der Waals surface area contributed by atoms with Gasteiger partial charge in [-0.3, -0.25) is 9.48 Å². The van der Waals surface area contributed by atoms with Crippen LogP contribution in [0.25, 0.3) is 11.1 Å². The summed E-state index contributed by atoms with van der Waals surface area (Å²) < 4.78 is 45.3. The van der Waals surface area contributed by atoms with Crippen molar-refractivity contribution in [3.8, 4) is 16.9 Å². The number of aromatic nitrogens is 2. The fraction of sp³-hybridized carbons (Fsp3) is 0.575. The number of amides is 2. The molecule has 2 aromatic carbocycles.